The lowest BCUT2D eigenvalue weighted by atomic mass is 10.1. The monoisotopic (exact) mass is 339 g/mol. The van der Waals surface area contributed by atoms with E-state index in [1.54, 1.807) is 18.2 Å². The van der Waals surface area contributed by atoms with Crippen LogP contribution in [-0.4, -0.2) is 24.2 Å². The molecule has 0 fully saturated rings. The van der Waals surface area contributed by atoms with E-state index in [0.717, 1.165) is 5.56 Å². The summed E-state index contributed by atoms with van der Waals surface area (Å²) in [6.07, 6.45) is 0. The molecule has 0 heterocycles. The minimum absolute atomic E-state index is 0.0655. The number of carbonyl (C=O) groups is 1. The van der Waals surface area contributed by atoms with E-state index in [1.807, 2.05) is 18.2 Å². The van der Waals surface area contributed by atoms with Crippen LogP contribution in [0.3, 0.4) is 0 Å². The van der Waals surface area contributed by atoms with Crippen molar-refractivity contribution < 1.29 is 14.6 Å². The number of hydrogen-bond acceptors (Lipinski definition) is 3. The number of carbonyl (C=O) groups excluding carboxylic acids is 1. The van der Waals surface area contributed by atoms with Crippen molar-refractivity contribution in [1.82, 2.24) is 5.32 Å². The summed E-state index contributed by atoms with van der Waals surface area (Å²) in [5.41, 5.74) is 1.26. The van der Waals surface area contributed by atoms with Crippen molar-refractivity contribution in [1.29, 1.82) is 0 Å². The highest BCUT2D eigenvalue weighted by atomic mass is 35.5. The average Bonchev–Trinajstić information content (AvgIpc) is 2.54. The SMILES string of the molecule is O=C(NCc1ccccc1OCCO)c1ccc(Cl)c(Cl)c1. The number of aliphatic hydroxyl groups is 1. The maximum absolute atomic E-state index is 12.1. The molecule has 0 saturated carbocycles. The van der Waals surface area contributed by atoms with Crippen LogP contribution in [0.2, 0.25) is 10.0 Å². The molecule has 22 heavy (non-hydrogen) atoms. The van der Waals surface area contributed by atoms with Gasteiger partial charge in [0, 0.05) is 17.7 Å². The molecule has 0 aliphatic carbocycles. The zero-order valence-electron chi connectivity index (χ0n) is 11.7. The molecular formula is C16H15Cl2NO3. The zero-order chi connectivity index (χ0) is 15.9. The van der Waals surface area contributed by atoms with E-state index in [4.69, 9.17) is 33.0 Å². The molecule has 0 aromatic heterocycles. The molecule has 0 atom stereocenters. The summed E-state index contributed by atoms with van der Waals surface area (Å²) in [5.74, 6) is 0.376. The smallest absolute Gasteiger partial charge is 0.251 e. The summed E-state index contributed by atoms with van der Waals surface area (Å²) in [7, 11) is 0. The third kappa shape index (κ3) is 4.37. The fourth-order valence-corrected chi connectivity index (χ4v) is 2.16. The van der Waals surface area contributed by atoms with Gasteiger partial charge in [-0.25, -0.2) is 0 Å². The van der Waals surface area contributed by atoms with Crippen molar-refractivity contribution >= 4 is 29.1 Å². The van der Waals surface area contributed by atoms with E-state index in [1.165, 1.54) is 6.07 Å². The summed E-state index contributed by atoms with van der Waals surface area (Å²) < 4.78 is 5.42. The number of ether oxygens (including phenoxy) is 1. The van der Waals surface area contributed by atoms with Crippen molar-refractivity contribution in [2.75, 3.05) is 13.2 Å². The van der Waals surface area contributed by atoms with Crippen LogP contribution in [0.15, 0.2) is 42.5 Å². The Hall–Kier alpha value is -1.75. The lowest BCUT2D eigenvalue weighted by molar-refractivity contribution is 0.0950. The highest BCUT2D eigenvalue weighted by Crippen LogP contribution is 2.23. The van der Waals surface area contributed by atoms with E-state index >= 15 is 0 Å². The molecule has 6 heteroatoms. The van der Waals surface area contributed by atoms with Crippen molar-refractivity contribution in [2.45, 2.75) is 6.54 Å². The van der Waals surface area contributed by atoms with Gasteiger partial charge in [0.25, 0.3) is 5.91 Å². The van der Waals surface area contributed by atoms with Gasteiger partial charge in [0.1, 0.15) is 12.4 Å². The molecule has 0 aliphatic heterocycles. The quantitative estimate of drug-likeness (QED) is 0.848. The second-order valence-corrected chi connectivity index (χ2v) is 5.31. The lowest BCUT2D eigenvalue weighted by Gasteiger charge is -2.11. The van der Waals surface area contributed by atoms with Crippen LogP contribution < -0.4 is 10.1 Å². The number of rotatable bonds is 6. The number of benzene rings is 2. The van der Waals surface area contributed by atoms with Gasteiger partial charge < -0.3 is 15.2 Å². The number of para-hydroxylation sites is 1. The minimum Gasteiger partial charge on any atom is -0.491 e. The summed E-state index contributed by atoms with van der Waals surface area (Å²) in [6, 6.07) is 12.0. The van der Waals surface area contributed by atoms with Crippen molar-refractivity contribution in [2.24, 2.45) is 0 Å². The largest absolute Gasteiger partial charge is 0.491 e. The van der Waals surface area contributed by atoms with Crippen LogP contribution in [0.4, 0.5) is 0 Å². The first-order valence-corrected chi connectivity index (χ1v) is 7.42. The maximum Gasteiger partial charge on any atom is 0.251 e. The first-order chi connectivity index (χ1) is 10.6. The van der Waals surface area contributed by atoms with Crippen LogP contribution in [0.1, 0.15) is 15.9 Å². The van der Waals surface area contributed by atoms with E-state index in [9.17, 15) is 4.79 Å². The number of amides is 1. The molecule has 2 aromatic rings. The molecular weight excluding hydrogens is 325 g/mol. The van der Waals surface area contributed by atoms with E-state index in [-0.39, 0.29) is 19.1 Å². The van der Waals surface area contributed by atoms with Gasteiger partial charge in [-0.15, -0.1) is 0 Å². The minimum atomic E-state index is -0.254. The Balaban J connectivity index is 2.03. The zero-order valence-corrected chi connectivity index (χ0v) is 13.2. The van der Waals surface area contributed by atoms with Crippen LogP contribution in [0.25, 0.3) is 0 Å². The standard InChI is InChI=1S/C16H15Cl2NO3/c17-13-6-5-11(9-14(13)18)16(21)19-10-12-3-1-2-4-15(12)22-8-7-20/h1-6,9,20H,7-8,10H2,(H,19,21). The fraction of sp³-hybridized carbons (Fsp3) is 0.188. The summed E-state index contributed by atoms with van der Waals surface area (Å²) in [4.78, 5) is 12.1. The van der Waals surface area contributed by atoms with Gasteiger partial charge in [-0.2, -0.15) is 0 Å². The molecule has 0 radical (unpaired) electrons. The maximum atomic E-state index is 12.1. The van der Waals surface area contributed by atoms with Gasteiger partial charge in [0.2, 0.25) is 0 Å². The number of hydrogen-bond donors (Lipinski definition) is 2. The highest BCUT2D eigenvalue weighted by Gasteiger charge is 2.09. The highest BCUT2D eigenvalue weighted by molar-refractivity contribution is 6.42. The third-order valence-corrected chi connectivity index (χ3v) is 3.68. The summed E-state index contributed by atoms with van der Waals surface area (Å²) >= 11 is 11.7. The average molecular weight is 340 g/mol. The van der Waals surface area contributed by atoms with Gasteiger partial charge in [-0.1, -0.05) is 41.4 Å². The van der Waals surface area contributed by atoms with Crippen LogP contribution in [0, 0.1) is 0 Å². The normalized spacial score (nSPS) is 10.3. The second-order valence-electron chi connectivity index (χ2n) is 4.49. The third-order valence-electron chi connectivity index (χ3n) is 2.94. The van der Waals surface area contributed by atoms with Crippen LogP contribution in [-0.2, 0) is 6.54 Å². The summed E-state index contributed by atoms with van der Waals surface area (Å²) in [5, 5.41) is 12.3. The Kier molecular flexibility index (Phi) is 6.07. The first-order valence-electron chi connectivity index (χ1n) is 6.66. The molecule has 2 rings (SSSR count). The topological polar surface area (TPSA) is 58.6 Å². The number of aliphatic hydroxyl groups excluding tert-OH is 1. The van der Waals surface area contributed by atoms with Crippen molar-refractivity contribution in [3.8, 4) is 5.75 Å². The molecule has 4 nitrogen and oxygen atoms in total. The molecule has 116 valence electrons. The van der Waals surface area contributed by atoms with E-state index in [0.29, 0.717) is 27.9 Å². The number of halogens is 2. The van der Waals surface area contributed by atoms with Crippen molar-refractivity contribution in [3.63, 3.8) is 0 Å². The van der Waals surface area contributed by atoms with Gasteiger partial charge in [-0.3, -0.25) is 4.79 Å². The molecule has 0 unspecified atom stereocenters. The molecule has 2 aromatic carbocycles. The Morgan fingerprint density at radius 1 is 1.14 bits per heavy atom. The molecule has 2 N–H and O–H groups in total. The second kappa shape index (κ2) is 8.03. The number of nitrogens with one attached hydrogen (secondary N) is 1. The van der Waals surface area contributed by atoms with Gasteiger partial charge >= 0.3 is 0 Å². The van der Waals surface area contributed by atoms with Crippen LogP contribution >= 0.6 is 23.2 Å². The van der Waals surface area contributed by atoms with Gasteiger partial charge in [-0.05, 0) is 24.3 Å². The van der Waals surface area contributed by atoms with Gasteiger partial charge in [0.15, 0.2) is 0 Å². The molecule has 1 amide bonds. The Morgan fingerprint density at radius 2 is 1.91 bits per heavy atom. The Bertz CT molecular complexity index is 662. The first kappa shape index (κ1) is 16.6. The Morgan fingerprint density at radius 3 is 2.64 bits per heavy atom. The summed E-state index contributed by atoms with van der Waals surface area (Å²) in [6.45, 7) is 0.447. The molecule has 0 bridgehead atoms. The van der Waals surface area contributed by atoms with Crippen LogP contribution in [0.5, 0.6) is 5.75 Å². The molecule has 0 spiro atoms. The van der Waals surface area contributed by atoms with Crippen molar-refractivity contribution in [3.05, 3.63) is 63.6 Å². The Labute approximate surface area is 138 Å². The van der Waals surface area contributed by atoms with E-state index in [2.05, 4.69) is 5.32 Å². The van der Waals surface area contributed by atoms with Gasteiger partial charge in [0.05, 0.1) is 16.7 Å². The lowest BCUT2D eigenvalue weighted by Crippen LogP contribution is -2.23. The predicted octanol–water partition coefficient (Wildman–Crippen LogP) is 3.29. The molecule has 0 aliphatic rings. The predicted molar refractivity (Wildman–Crippen MR) is 86.7 cm³/mol. The fourth-order valence-electron chi connectivity index (χ4n) is 1.86. The molecule has 0 saturated heterocycles. The van der Waals surface area contributed by atoms with E-state index < -0.39 is 0 Å².